The maximum atomic E-state index is 6.12. The molecule has 3 fully saturated rings. The molecule has 0 aromatic heterocycles. The van der Waals surface area contributed by atoms with Gasteiger partial charge in [0.1, 0.15) is 0 Å². The average molecular weight is 253 g/mol. The summed E-state index contributed by atoms with van der Waals surface area (Å²) in [6.45, 7) is 5.02. The molecule has 3 nitrogen and oxygen atoms in total. The lowest BCUT2D eigenvalue weighted by Crippen LogP contribution is -2.59. The van der Waals surface area contributed by atoms with Gasteiger partial charge in [-0.05, 0) is 51.4 Å². The van der Waals surface area contributed by atoms with Crippen LogP contribution in [0.1, 0.15) is 58.3 Å². The van der Waals surface area contributed by atoms with Crippen molar-refractivity contribution < 1.29 is 9.47 Å². The molecule has 3 aliphatic rings. The first-order chi connectivity index (χ1) is 8.76. The van der Waals surface area contributed by atoms with Crippen molar-refractivity contribution in [2.75, 3.05) is 19.8 Å². The third-order valence-corrected chi connectivity index (χ3v) is 5.39. The van der Waals surface area contributed by atoms with Crippen LogP contribution in [0.15, 0.2) is 0 Å². The molecule has 1 aliphatic carbocycles. The predicted octanol–water partition coefficient (Wildman–Crippen LogP) is 2.64. The fraction of sp³-hybridized carbons (Fsp3) is 1.00. The smallest absolute Gasteiger partial charge is 0.0741 e. The molecule has 3 heteroatoms. The third kappa shape index (κ3) is 2.45. The van der Waals surface area contributed by atoms with E-state index in [0.717, 1.165) is 32.7 Å². The Labute approximate surface area is 111 Å². The number of hydrogen-bond acceptors (Lipinski definition) is 3. The highest BCUT2D eigenvalue weighted by Gasteiger charge is 2.43. The molecule has 2 aliphatic heterocycles. The molecule has 1 unspecified atom stereocenters. The van der Waals surface area contributed by atoms with Crippen molar-refractivity contribution in [1.82, 2.24) is 5.32 Å². The molecular weight excluding hydrogens is 226 g/mol. The van der Waals surface area contributed by atoms with E-state index in [9.17, 15) is 0 Å². The normalized spacial score (nSPS) is 34.2. The fourth-order valence-electron chi connectivity index (χ4n) is 3.88. The first kappa shape index (κ1) is 12.9. The highest BCUT2D eigenvalue weighted by atomic mass is 16.5. The molecule has 1 spiro atoms. The molecule has 1 atom stereocenters. The molecular formula is C15H27NO2. The van der Waals surface area contributed by atoms with Crippen LogP contribution in [-0.4, -0.2) is 37.0 Å². The zero-order valence-corrected chi connectivity index (χ0v) is 11.7. The van der Waals surface area contributed by atoms with Gasteiger partial charge in [0.05, 0.1) is 5.60 Å². The van der Waals surface area contributed by atoms with Gasteiger partial charge in [0.15, 0.2) is 0 Å². The van der Waals surface area contributed by atoms with Gasteiger partial charge in [-0.25, -0.2) is 0 Å². The summed E-state index contributed by atoms with van der Waals surface area (Å²) >= 11 is 0. The van der Waals surface area contributed by atoms with E-state index in [-0.39, 0.29) is 5.60 Å². The van der Waals surface area contributed by atoms with Crippen molar-refractivity contribution in [3.8, 4) is 0 Å². The number of hydrogen-bond donors (Lipinski definition) is 1. The summed E-state index contributed by atoms with van der Waals surface area (Å²) in [5.74, 6) is 0. The lowest BCUT2D eigenvalue weighted by atomic mass is 9.73. The van der Waals surface area contributed by atoms with Gasteiger partial charge >= 0.3 is 0 Å². The van der Waals surface area contributed by atoms with Gasteiger partial charge in [0.2, 0.25) is 0 Å². The number of ether oxygens (including phenoxy) is 2. The third-order valence-electron chi connectivity index (χ3n) is 5.39. The Bertz CT molecular complexity index is 271. The van der Waals surface area contributed by atoms with E-state index in [0.29, 0.717) is 11.6 Å². The average Bonchev–Trinajstić information content (AvgIpc) is 2.35. The quantitative estimate of drug-likeness (QED) is 0.838. The highest BCUT2D eigenvalue weighted by molar-refractivity contribution is 5.00. The van der Waals surface area contributed by atoms with Crippen LogP contribution in [0.25, 0.3) is 0 Å². The Morgan fingerprint density at radius 1 is 1.11 bits per heavy atom. The molecule has 1 N–H and O–H groups in total. The van der Waals surface area contributed by atoms with Crippen LogP contribution < -0.4 is 5.32 Å². The van der Waals surface area contributed by atoms with Gasteiger partial charge in [-0.15, -0.1) is 0 Å². The van der Waals surface area contributed by atoms with Crippen molar-refractivity contribution in [1.29, 1.82) is 0 Å². The Hall–Kier alpha value is -0.120. The van der Waals surface area contributed by atoms with E-state index in [1.165, 1.54) is 38.5 Å². The number of rotatable bonds is 3. The predicted molar refractivity (Wildman–Crippen MR) is 71.8 cm³/mol. The molecule has 0 radical (unpaired) electrons. The van der Waals surface area contributed by atoms with Crippen LogP contribution in [-0.2, 0) is 9.47 Å². The Kier molecular flexibility index (Phi) is 3.65. The van der Waals surface area contributed by atoms with Crippen LogP contribution in [0.4, 0.5) is 0 Å². The van der Waals surface area contributed by atoms with Crippen LogP contribution in [0.2, 0.25) is 0 Å². The van der Waals surface area contributed by atoms with Crippen LogP contribution in [0.3, 0.4) is 0 Å². The zero-order chi connectivity index (χ0) is 12.5. The molecule has 3 rings (SSSR count). The first-order valence-electron chi connectivity index (χ1n) is 7.75. The molecule has 0 aromatic rings. The minimum absolute atomic E-state index is 0.132. The van der Waals surface area contributed by atoms with Gasteiger partial charge in [-0.1, -0.05) is 6.92 Å². The highest BCUT2D eigenvalue weighted by Crippen LogP contribution is 2.39. The molecule has 0 bridgehead atoms. The molecule has 0 amide bonds. The lowest BCUT2D eigenvalue weighted by molar-refractivity contribution is -0.143. The Morgan fingerprint density at radius 2 is 1.89 bits per heavy atom. The molecule has 0 aromatic carbocycles. The van der Waals surface area contributed by atoms with Crippen LogP contribution in [0, 0.1) is 0 Å². The van der Waals surface area contributed by atoms with Crippen molar-refractivity contribution in [3.63, 3.8) is 0 Å². The van der Waals surface area contributed by atoms with Gasteiger partial charge in [-0.3, -0.25) is 0 Å². The molecule has 2 heterocycles. The molecule has 18 heavy (non-hydrogen) atoms. The van der Waals surface area contributed by atoms with E-state index in [4.69, 9.17) is 9.47 Å². The van der Waals surface area contributed by atoms with E-state index in [1.807, 2.05) is 0 Å². The van der Waals surface area contributed by atoms with Crippen molar-refractivity contribution in [2.45, 2.75) is 75.5 Å². The Balaban J connectivity index is 1.59. The summed E-state index contributed by atoms with van der Waals surface area (Å²) in [6.07, 6.45) is 9.98. The zero-order valence-electron chi connectivity index (χ0n) is 11.7. The molecule has 2 saturated heterocycles. The van der Waals surface area contributed by atoms with Gasteiger partial charge < -0.3 is 14.8 Å². The number of nitrogens with one attached hydrogen (secondary N) is 1. The SMILES string of the molecule is CCC1(NC2CCOC3(CCOCC3)C2)CCC1. The summed E-state index contributed by atoms with van der Waals surface area (Å²) in [5, 5.41) is 3.97. The second-order valence-corrected chi connectivity index (χ2v) is 6.47. The Morgan fingerprint density at radius 3 is 2.50 bits per heavy atom. The van der Waals surface area contributed by atoms with Gasteiger partial charge in [-0.2, -0.15) is 0 Å². The van der Waals surface area contributed by atoms with Gasteiger partial charge in [0, 0.05) is 31.4 Å². The lowest BCUT2D eigenvalue weighted by Gasteiger charge is -2.49. The van der Waals surface area contributed by atoms with Gasteiger partial charge in [0.25, 0.3) is 0 Å². The maximum absolute atomic E-state index is 6.12. The summed E-state index contributed by atoms with van der Waals surface area (Å²) in [4.78, 5) is 0. The minimum Gasteiger partial charge on any atom is -0.381 e. The molecule has 104 valence electrons. The minimum atomic E-state index is 0.132. The second kappa shape index (κ2) is 5.10. The monoisotopic (exact) mass is 253 g/mol. The fourth-order valence-corrected chi connectivity index (χ4v) is 3.88. The molecule has 1 saturated carbocycles. The van der Waals surface area contributed by atoms with E-state index >= 15 is 0 Å². The standard InChI is InChI=1S/C15H27NO2/c1-2-14(5-3-6-14)16-13-4-9-18-15(12-13)7-10-17-11-8-15/h13,16H,2-12H2,1H3. The maximum Gasteiger partial charge on any atom is 0.0741 e. The van der Waals surface area contributed by atoms with Crippen molar-refractivity contribution in [3.05, 3.63) is 0 Å². The van der Waals surface area contributed by atoms with Crippen molar-refractivity contribution >= 4 is 0 Å². The van der Waals surface area contributed by atoms with E-state index < -0.39 is 0 Å². The first-order valence-corrected chi connectivity index (χ1v) is 7.75. The second-order valence-electron chi connectivity index (χ2n) is 6.47. The van der Waals surface area contributed by atoms with E-state index in [2.05, 4.69) is 12.2 Å². The van der Waals surface area contributed by atoms with Crippen LogP contribution >= 0.6 is 0 Å². The van der Waals surface area contributed by atoms with E-state index in [1.54, 1.807) is 0 Å². The largest absolute Gasteiger partial charge is 0.381 e. The topological polar surface area (TPSA) is 30.5 Å². The van der Waals surface area contributed by atoms with Crippen LogP contribution in [0.5, 0.6) is 0 Å². The summed E-state index contributed by atoms with van der Waals surface area (Å²) in [6, 6.07) is 0.664. The van der Waals surface area contributed by atoms with Crippen molar-refractivity contribution in [2.24, 2.45) is 0 Å². The summed E-state index contributed by atoms with van der Waals surface area (Å²) < 4.78 is 11.6. The summed E-state index contributed by atoms with van der Waals surface area (Å²) in [5.41, 5.74) is 0.598. The summed E-state index contributed by atoms with van der Waals surface area (Å²) in [7, 11) is 0.